The van der Waals surface area contributed by atoms with E-state index in [1.165, 1.54) is 18.4 Å². The number of rotatable bonds is 1. The lowest BCUT2D eigenvalue weighted by Crippen LogP contribution is -2.12. The molecule has 60 valence electrons. The minimum absolute atomic E-state index is 0. The third kappa shape index (κ3) is 1.40. The number of hydrogen-bond donors (Lipinski definition) is 1. The predicted molar refractivity (Wildman–Crippen MR) is 46.3 cm³/mol. The summed E-state index contributed by atoms with van der Waals surface area (Å²) in [5.41, 5.74) is 1.32. The molecule has 1 aliphatic rings. The van der Waals surface area contributed by atoms with Crippen LogP contribution in [-0.2, 0) is 0 Å². The van der Waals surface area contributed by atoms with Crippen LogP contribution in [0, 0.1) is 0 Å². The number of pyridine rings is 1. The molecule has 1 saturated heterocycles. The lowest BCUT2D eigenvalue weighted by Gasteiger charge is -2.08. The van der Waals surface area contributed by atoms with Crippen LogP contribution < -0.4 is 5.32 Å². The van der Waals surface area contributed by atoms with Crippen LogP contribution in [0.1, 0.15) is 25.9 Å². The normalized spacial score (nSPS) is 23.8. The molecule has 0 aromatic carbocycles. The SMILES string of the molecule is [HH].c1cncc([C@@H]2CCCN2)c1. The molecule has 0 saturated carbocycles. The van der Waals surface area contributed by atoms with Gasteiger partial charge in [0.1, 0.15) is 0 Å². The fourth-order valence-electron chi connectivity index (χ4n) is 1.55. The van der Waals surface area contributed by atoms with Crippen molar-refractivity contribution in [1.29, 1.82) is 0 Å². The molecule has 1 aliphatic heterocycles. The monoisotopic (exact) mass is 150 g/mol. The Bertz CT molecular complexity index is 219. The van der Waals surface area contributed by atoms with Crippen LogP contribution in [0.15, 0.2) is 24.5 Å². The highest BCUT2D eigenvalue weighted by atomic mass is 14.9. The van der Waals surface area contributed by atoms with Crippen molar-refractivity contribution in [1.82, 2.24) is 10.3 Å². The van der Waals surface area contributed by atoms with E-state index in [2.05, 4.69) is 16.4 Å². The van der Waals surface area contributed by atoms with E-state index in [1.54, 1.807) is 0 Å². The van der Waals surface area contributed by atoms with Crippen molar-refractivity contribution in [2.45, 2.75) is 18.9 Å². The first kappa shape index (κ1) is 6.80. The van der Waals surface area contributed by atoms with Crippen LogP contribution in [-0.4, -0.2) is 11.5 Å². The van der Waals surface area contributed by atoms with E-state index in [-0.39, 0.29) is 1.43 Å². The highest BCUT2D eigenvalue weighted by molar-refractivity contribution is 5.14. The summed E-state index contributed by atoms with van der Waals surface area (Å²) in [6.45, 7) is 1.15. The zero-order valence-corrected chi connectivity index (χ0v) is 6.46. The maximum absolute atomic E-state index is 4.09. The Hall–Kier alpha value is -0.890. The van der Waals surface area contributed by atoms with Gasteiger partial charge in [0.15, 0.2) is 0 Å². The summed E-state index contributed by atoms with van der Waals surface area (Å²) in [5.74, 6) is 0. The van der Waals surface area contributed by atoms with Gasteiger partial charge in [-0.2, -0.15) is 0 Å². The first-order valence-corrected chi connectivity index (χ1v) is 4.10. The number of aromatic nitrogens is 1. The van der Waals surface area contributed by atoms with Gasteiger partial charge in [-0.25, -0.2) is 0 Å². The Morgan fingerprint density at radius 3 is 3.27 bits per heavy atom. The second kappa shape index (κ2) is 3.01. The van der Waals surface area contributed by atoms with Crippen molar-refractivity contribution in [3.8, 4) is 0 Å². The third-order valence-electron chi connectivity index (χ3n) is 2.15. The van der Waals surface area contributed by atoms with E-state index in [1.807, 2.05) is 18.5 Å². The zero-order valence-electron chi connectivity index (χ0n) is 6.46. The van der Waals surface area contributed by atoms with Crippen LogP contribution in [0.4, 0.5) is 0 Å². The molecule has 1 aromatic rings. The highest BCUT2D eigenvalue weighted by Gasteiger charge is 2.15. The van der Waals surface area contributed by atoms with E-state index in [0.29, 0.717) is 6.04 Å². The Balaban J connectivity index is 0.000000720. The van der Waals surface area contributed by atoms with Crippen molar-refractivity contribution in [2.24, 2.45) is 0 Å². The number of nitrogens with zero attached hydrogens (tertiary/aromatic N) is 1. The molecule has 1 atom stereocenters. The standard InChI is InChI=1S/C9H12N2.H2/c1-3-8(7-10-5-1)9-4-2-6-11-9;/h1,3,5,7,9,11H,2,4,6H2;1H/t9-;/m0./s1. The molecule has 2 nitrogen and oxygen atoms in total. The van der Waals surface area contributed by atoms with Crippen LogP contribution in [0.25, 0.3) is 0 Å². The Labute approximate surface area is 68.1 Å². The summed E-state index contributed by atoms with van der Waals surface area (Å²) in [5, 5.41) is 3.43. The second-order valence-electron chi connectivity index (χ2n) is 2.94. The lowest BCUT2D eigenvalue weighted by atomic mass is 10.1. The van der Waals surface area contributed by atoms with Crippen LogP contribution >= 0.6 is 0 Å². The van der Waals surface area contributed by atoms with E-state index in [0.717, 1.165) is 6.54 Å². The molecule has 1 aromatic heterocycles. The van der Waals surface area contributed by atoms with Crippen LogP contribution in [0.3, 0.4) is 0 Å². The average Bonchev–Trinajstić information content (AvgIpc) is 2.58. The molecule has 0 amide bonds. The molecule has 0 spiro atoms. The summed E-state index contributed by atoms with van der Waals surface area (Å²) in [6.07, 6.45) is 6.31. The van der Waals surface area contributed by atoms with Gasteiger partial charge in [-0.15, -0.1) is 0 Å². The zero-order chi connectivity index (χ0) is 7.52. The summed E-state index contributed by atoms with van der Waals surface area (Å²) >= 11 is 0. The minimum Gasteiger partial charge on any atom is -0.310 e. The van der Waals surface area contributed by atoms with Gasteiger partial charge in [0.05, 0.1) is 0 Å². The smallest absolute Gasteiger partial charge is 0.0335 e. The molecule has 2 heteroatoms. The average molecular weight is 150 g/mol. The Kier molecular flexibility index (Phi) is 1.86. The fraction of sp³-hybridized carbons (Fsp3) is 0.444. The van der Waals surface area contributed by atoms with Crippen LogP contribution in [0.2, 0.25) is 0 Å². The lowest BCUT2D eigenvalue weighted by molar-refractivity contribution is 0.645. The van der Waals surface area contributed by atoms with E-state index < -0.39 is 0 Å². The summed E-state index contributed by atoms with van der Waals surface area (Å²) in [7, 11) is 0. The predicted octanol–water partition coefficient (Wildman–Crippen LogP) is 1.75. The van der Waals surface area contributed by atoms with Gasteiger partial charge >= 0.3 is 0 Å². The van der Waals surface area contributed by atoms with Gasteiger partial charge in [-0.1, -0.05) is 6.07 Å². The molecule has 11 heavy (non-hydrogen) atoms. The molecular weight excluding hydrogens is 136 g/mol. The molecule has 0 unspecified atom stereocenters. The van der Waals surface area contributed by atoms with Gasteiger partial charge < -0.3 is 5.32 Å². The fourth-order valence-corrected chi connectivity index (χ4v) is 1.55. The molecule has 0 aliphatic carbocycles. The largest absolute Gasteiger partial charge is 0.310 e. The van der Waals surface area contributed by atoms with Gasteiger partial charge in [-0.05, 0) is 31.0 Å². The molecule has 1 N–H and O–H groups in total. The number of nitrogens with one attached hydrogen (secondary N) is 1. The summed E-state index contributed by atoms with van der Waals surface area (Å²) in [6, 6.07) is 4.69. The molecule has 0 bridgehead atoms. The second-order valence-corrected chi connectivity index (χ2v) is 2.94. The van der Waals surface area contributed by atoms with Crippen molar-refractivity contribution in [3.63, 3.8) is 0 Å². The van der Waals surface area contributed by atoms with Crippen molar-refractivity contribution in [2.75, 3.05) is 6.54 Å². The minimum atomic E-state index is 0. The quantitative estimate of drug-likeness (QED) is 0.659. The van der Waals surface area contributed by atoms with E-state index >= 15 is 0 Å². The molecule has 2 rings (SSSR count). The highest BCUT2D eigenvalue weighted by Crippen LogP contribution is 2.21. The molecule has 2 heterocycles. The van der Waals surface area contributed by atoms with E-state index in [4.69, 9.17) is 0 Å². The first-order chi connectivity index (χ1) is 5.47. The van der Waals surface area contributed by atoms with Gasteiger partial charge in [-0.3, -0.25) is 4.98 Å². The molecular formula is C9H14N2. The maximum Gasteiger partial charge on any atom is 0.0335 e. The van der Waals surface area contributed by atoms with Crippen molar-refractivity contribution in [3.05, 3.63) is 30.1 Å². The summed E-state index contributed by atoms with van der Waals surface area (Å²) in [4.78, 5) is 4.09. The van der Waals surface area contributed by atoms with Gasteiger partial charge in [0.25, 0.3) is 0 Å². The van der Waals surface area contributed by atoms with Gasteiger partial charge in [0, 0.05) is 19.9 Å². The molecule has 1 fully saturated rings. The van der Waals surface area contributed by atoms with Crippen molar-refractivity contribution < 1.29 is 1.43 Å². The van der Waals surface area contributed by atoms with Crippen molar-refractivity contribution >= 4 is 0 Å². The summed E-state index contributed by atoms with van der Waals surface area (Å²) < 4.78 is 0. The Morgan fingerprint density at radius 2 is 2.64 bits per heavy atom. The Morgan fingerprint density at radius 1 is 1.64 bits per heavy atom. The van der Waals surface area contributed by atoms with E-state index in [9.17, 15) is 0 Å². The third-order valence-corrected chi connectivity index (χ3v) is 2.15. The first-order valence-electron chi connectivity index (χ1n) is 4.10. The van der Waals surface area contributed by atoms with Crippen LogP contribution in [0.5, 0.6) is 0 Å². The van der Waals surface area contributed by atoms with Gasteiger partial charge in [0.2, 0.25) is 0 Å². The maximum atomic E-state index is 4.09. The number of hydrogen-bond acceptors (Lipinski definition) is 2. The topological polar surface area (TPSA) is 24.9 Å². The molecule has 0 radical (unpaired) electrons.